The van der Waals surface area contributed by atoms with Crippen LogP contribution < -0.4 is 14.5 Å². The first-order chi connectivity index (χ1) is 11.9. The number of carbonyl (C=O) groups is 1. The third-order valence-corrected chi connectivity index (χ3v) is 6.83. The number of aryl methyl sites for hydroxylation is 1. The number of carbonyl (C=O) groups excluding carboxylic acids is 1. The third kappa shape index (κ3) is 3.93. The largest absolute Gasteiger partial charge is 0.326 e. The Labute approximate surface area is 150 Å². The quantitative estimate of drug-likeness (QED) is 0.855. The fourth-order valence-corrected chi connectivity index (χ4v) is 5.08. The van der Waals surface area contributed by atoms with Gasteiger partial charge in [0, 0.05) is 36.3 Å². The number of thiazole rings is 1. The Balaban J connectivity index is 1.60. The SMILES string of the molecule is Cc1csc(=O)n1CCC(=O)Nc1ccc(N2CCCS2(=O)=O)cc1. The average molecular weight is 381 g/mol. The highest BCUT2D eigenvalue weighted by atomic mass is 32.2. The van der Waals surface area contributed by atoms with Crippen LogP contribution in [0.15, 0.2) is 34.4 Å². The van der Waals surface area contributed by atoms with Gasteiger partial charge in [-0.2, -0.15) is 0 Å². The molecule has 1 saturated heterocycles. The standard InChI is InChI=1S/C16H19N3O4S2/c1-12-11-24-16(21)18(12)9-7-15(20)17-13-3-5-14(6-4-13)19-8-2-10-25(19,22)23/h3-6,11H,2,7-10H2,1H3,(H,17,20). The van der Waals surface area contributed by atoms with Gasteiger partial charge in [0.2, 0.25) is 15.9 Å². The highest BCUT2D eigenvalue weighted by Gasteiger charge is 2.28. The van der Waals surface area contributed by atoms with Crippen molar-refractivity contribution in [1.29, 1.82) is 0 Å². The van der Waals surface area contributed by atoms with Crippen LogP contribution >= 0.6 is 11.3 Å². The van der Waals surface area contributed by atoms with Crippen molar-refractivity contribution in [1.82, 2.24) is 4.57 Å². The highest BCUT2D eigenvalue weighted by molar-refractivity contribution is 7.93. The molecule has 25 heavy (non-hydrogen) atoms. The minimum absolute atomic E-state index is 0.0681. The van der Waals surface area contributed by atoms with Gasteiger partial charge < -0.3 is 9.88 Å². The molecule has 1 N–H and O–H groups in total. The summed E-state index contributed by atoms with van der Waals surface area (Å²) in [7, 11) is -3.20. The van der Waals surface area contributed by atoms with Gasteiger partial charge in [0.1, 0.15) is 0 Å². The maximum absolute atomic E-state index is 12.0. The molecule has 1 aliphatic rings. The third-order valence-electron chi connectivity index (χ3n) is 4.08. The Morgan fingerprint density at radius 3 is 2.56 bits per heavy atom. The molecule has 0 saturated carbocycles. The van der Waals surface area contributed by atoms with Crippen LogP contribution in [0, 0.1) is 6.92 Å². The Bertz CT molecular complexity index is 929. The monoisotopic (exact) mass is 381 g/mol. The molecule has 7 nitrogen and oxygen atoms in total. The lowest BCUT2D eigenvalue weighted by Crippen LogP contribution is -2.25. The predicted octanol–water partition coefficient (Wildman–Crippen LogP) is 1.79. The van der Waals surface area contributed by atoms with E-state index in [1.807, 2.05) is 6.92 Å². The topological polar surface area (TPSA) is 88.5 Å². The number of benzene rings is 1. The molecule has 1 aromatic heterocycles. The summed E-state index contributed by atoms with van der Waals surface area (Å²) in [6.45, 7) is 2.66. The van der Waals surface area contributed by atoms with Crippen LogP contribution in [0.5, 0.6) is 0 Å². The summed E-state index contributed by atoms with van der Waals surface area (Å²) >= 11 is 1.12. The van der Waals surface area contributed by atoms with Crippen molar-refractivity contribution in [2.24, 2.45) is 0 Å². The van der Waals surface area contributed by atoms with E-state index in [9.17, 15) is 18.0 Å². The normalized spacial score (nSPS) is 16.1. The second kappa shape index (κ2) is 7.01. The van der Waals surface area contributed by atoms with Gasteiger partial charge in [0.25, 0.3) is 0 Å². The van der Waals surface area contributed by atoms with Crippen LogP contribution in [-0.4, -0.2) is 31.2 Å². The Morgan fingerprint density at radius 1 is 1.28 bits per heavy atom. The fourth-order valence-electron chi connectivity index (χ4n) is 2.75. The number of rotatable bonds is 5. The van der Waals surface area contributed by atoms with Crippen molar-refractivity contribution < 1.29 is 13.2 Å². The second-order valence-corrected chi connectivity index (χ2v) is 8.71. The number of amides is 1. The number of hydrogen-bond donors (Lipinski definition) is 1. The van der Waals surface area contributed by atoms with E-state index in [4.69, 9.17) is 0 Å². The van der Waals surface area contributed by atoms with Gasteiger partial charge in [0.15, 0.2) is 0 Å². The number of nitrogens with zero attached hydrogens (tertiary/aromatic N) is 2. The number of sulfonamides is 1. The Morgan fingerprint density at radius 2 is 2.00 bits per heavy atom. The first-order valence-corrected chi connectivity index (χ1v) is 10.4. The molecule has 0 radical (unpaired) electrons. The van der Waals surface area contributed by atoms with Crippen LogP contribution in [-0.2, 0) is 21.4 Å². The van der Waals surface area contributed by atoms with E-state index in [2.05, 4.69) is 5.32 Å². The van der Waals surface area contributed by atoms with Gasteiger partial charge in [-0.3, -0.25) is 13.9 Å². The molecule has 1 fully saturated rings. The van der Waals surface area contributed by atoms with Crippen LogP contribution in [0.25, 0.3) is 0 Å². The molecule has 0 aliphatic carbocycles. The molecule has 2 heterocycles. The van der Waals surface area contributed by atoms with Crippen molar-refractivity contribution in [3.8, 4) is 0 Å². The first kappa shape index (κ1) is 17.7. The van der Waals surface area contributed by atoms with Crippen molar-refractivity contribution in [2.75, 3.05) is 21.9 Å². The molecule has 0 atom stereocenters. The summed E-state index contributed by atoms with van der Waals surface area (Å²) in [4.78, 5) is 23.6. The lowest BCUT2D eigenvalue weighted by Gasteiger charge is -2.17. The zero-order chi connectivity index (χ0) is 18.0. The van der Waals surface area contributed by atoms with Gasteiger partial charge in [-0.1, -0.05) is 11.3 Å². The zero-order valence-electron chi connectivity index (χ0n) is 13.8. The number of nitrogens with one attached hydrogen (secondary N) is 1. The fraction of sp³-hybridized carbons (Fsp3) is 0.375. The molecule has 0 unspecified atom stereocenters. The molecule has 9 heteroatoms. The van der Waals surface area contributed by atoms with Crippen molar-refractivity contribution in [2.45, 2.75) is 26.3 Å². The lowest BCUT2D eigenvalue weighted by atomic mass is 10.2. The van der Waals surface area contributed by atoms with E-state index in [1.54, 1.807) is 34.2 Å². The average Bonchev–Trinajstić information content (AvgIpc) is 3.08. The van der Waals surface area contributed by atoms with Gasteiger partial charge in [-0.15, -0.1) is 0 Å². The van der Waals surface area contributed by atoms with E-state index in [0.29, 0.717) is 30.9 Å². The first-order valence-electron chi connectivity index (χ1n) is 7.92. The predicted molar refractivity (Wildman–Crippen MR) is 98.8 cm³/mol. The summed E-state index contributed by atoms with van der Waals surface area (Å²) in [5.41, 5.74) is 2.05. The molecule has 0 spiro atoms. The summed E-state index contributed by atoms with van der Waals surface area (Å²) < 4.78 is 26.8. The van der Waals surface area contributed by atoms with Gasteiger partial charge in [-0.25, -0.2) is 8.42 Å². The van der Waals surface area contributed by atoms with E-state index in [1.165, 1.54) is 4.31 Å². The smallest absolute Gasteiger partial charge is 0.307 e. The van der Waals surface area contributed by atoms with Crippen molar-refractivity contribution in [3.63, 3.8) is 0 Å². The Kier molecular flexibility index (Phi) is 4.96. The summed E-state index contributed by atoms with van der Waals surface area (Å²) in [6.07, 6.45) is 0.821. The van der Waals surface area contributed by atoms with Crippen LogP contribution in [0.4, 0.5) is 11.4 Å². The summed E-state index contributed by atoms with van der Waals surface area (Å²) in [5.74, 6) is -0.0219. The van der Waals surface area contributed by atoms with E-state index < -0.39 is 10.0 Å². The van der Waals surface area contributed by atoms with E-state index in [-0.39, 0.29) is 23.0 Å². The van der Waals surface area contributed by atoms with E-state index in [0.717, 1.165) is 17.0 Å². The van der Waals surface area contributed by atoms with Crippen LogP contribution in [0.1, 0.15) is 18.5 Å². The molecule has 1 amide bonds. The molecule has 1 aromatic carbocycles. The van der Waals surface area contributed by atoms with Gasteiger partial charge in [-0.05, 0) is 37.6 Å². The molecule has 3 rings (SSSR count). The number of hydrogen-bond acceptors (Lipinski definition) is 5. The highest BCUT2D eigenvalue weighted by Crippen LogP contribution is 2.25. The molecule has 134 valence electrons. The maximum Gasteiger partial charge on any atom is 0.307 e. The summed E-state index contributed by atoms with van der Waals surface area (Å²) in [5, 5.41) is 4.53. The minimum atomic E-state index is -3.20. The summed E-state index contributed by atoms with van der Waals surface area (Å²) in [6, 6.07) is 6.74. The lowest BCUT2D eigenvalue weighted by molar-refractivity contribution is -0.116. The Hall–Kier alpha value is -2.13. The van der Waals surface area contributed by atoms with Crippen LogP contribution in [0.3, 0.4) is 0 Å². The second-order valence-electron chi connectivity index (χ2n) is 5.88. The molecule has 2 aromatic rings. The van der Waals surface area contributed by atoms with Crippen molar-refractivity contribution >= 4 is 38.6 Å². The molecular weight excluding hydrogens is 362 g/mol. The van der Waals surface area contributed by atoms with Gasteiger partial charge >= 0.3 is 4.87 Å². The van der Waals surface area contributed by atoms with Gasteiger partial charge in [0.05, 0.1) is 11.4 Å². The van der Waals surface area contributed by atoms with Crippen molar-refractivity contribution in [3.05, 3.63) is 45.0 Å². The molecule has 0 bridgehead atoms. The molecular formula is C16H19N3O4S2. The van der Waals surface area contributed by atoms with E-state index >= 15 is 0 Å². The minimum Gasteiger partial charge on any atom is -0.326 e. The van der Waals surface area contributed by atoms with Crippen LogP contribution in [0.2, 0.25) is 0 Å². The number of anilines is 2. The number of aromatic nitrogens is 1. The molecule has 1 aliphatic heterocycles. The maximum atomic E-state index is 12.0. The zero-order valence-corrected chi connectivity index (χ0v) is 15.4.